The smallest absolute Gasteiger partial charge is 0.389 e. The van der Waals surface area contributed by atoms with E-state index in [1.807, 2.05) is 0 Å². The van der Waals surface area contributed by atoms with Crippen LogP contribution in [0, 0.1) is 0 Å². The first-order valence-electron chi connectivity index (χ1n) is 6.12. The Balaban J connectivity index is 2.31. The zero-order valence-electron chi connectivity index (χ0n) is 11.1. The molecule has 1 amide bonds. The van der Waals surface area contributed by atoms with Crippen molar-refractivity contribution in [1.29, 1.82) is 0 Å². The third-order valence-electron chi connectivity index (χ3n) is 2.41. The Bertz CT molecular complexity index is 506. The van der Waals surface area contributed by atoms with Gasteiger partial charge in [0.1, 0.15) is 11.6 Å². The Labute approximate surface area is 125 Å². The van der Waals surface area contributed by atoms with E-state index in [0.29, 0.717) is 11.3 Å². The van der Waals surface area contributed by atoms with E-state index in [9.17, 15) is 18.0 Å². The van der Waals surface area contributed by atoms with Gasteiger partial charge in [-0.15, -0.1) is 0 Å². The molecule has 1 aromatic carbocycles. The van der Waals surface area contributed by atoms with Crippen molar-refractivity contribution in [2.45, 2.75) is 19.0 Å². The minimum Gasteiger partial charge on any atom is -0.389 e. The number of ether oxygens (including phenoxy) is 1. The molecule has 0 radical (unpaired) electrons. The Morgan fingerprint density at radius 1 is 1.38 bits per heavy atom. The second-order valence-corrected chi connectivity index (χ2v) is 4.70. The number of rotatable bonds is 7. The molecule has 0 aliphatic carbocycles. The number of anilines is 1. The number of carbonyl (C=O) groups excluding carboxylic acids is 1. The number of carbonyl (C=O) groups is 1. The number of hydrogen-bond donors (Lipinski definition) is 2. The summed E-state index contributed by atoms with van der Waals surface area (Å²) in [6, 6.07) is 6.62. The van der Waals surface area contributed by atoms with Crippen LogP contribution in [0.4, 0.5) is 18.9 Å². The molecule has 8 heteroatoms. The molecule has 21 heavy (non-hydrogen) atoms. The van der Waals surface area contributed by atoms with Crippen LogP contribution in [0.1, 0.15) is 18.4 Å². The van der Waals surface area contributed by atoms with Crippen molar-refractivity contribution in [1.82, 2.24) is 0 Å². The SMILES string of the molecule is NC(=S)c1cccc(NC(=O)COCCCC(F)(F)F)c1. The minimum absolute atomic E-state index is 0.125. The van der Waals surface area contributed by atoms with Crippen LogP contribution in [0.5, 0.6) is 0 Å². The lowest BCUT2D eigenvalue weighted by Gasteiger charge is -2.08. The molecular weight excluding hydrogens is 305 g/mol. The van der Waals surface area contributed by atoms with Crippen LogP contribution < -0.4 is 11.1 Å². The van der Waals surface area contributed by atoms with Crippen molar-refractivity contribution >= 4 is 28.8 Å². The Hall–Kier alpha value is -1.67. The number of benzene rings is 1. The molecule has 0 fully saturated rings. The molecule has 0 saturated heterocycles. The quantitative estimate of drug-likeness (QED) is 0.599. The molecule has 0 bridgehead atoms. The highest BCUT2D eigenvalue weighted by molar-refractivity contribution is 7.80. The van der Waals surface area contributed by atoms with E-state index in [1.165, 1.54) is 0 Å². The number of hydrogen-bond acceptors (Lipinski definition) is 3. The van der Waals surface area contributed by atoms with E-state index in [-0.39, 0.29) is 24.6 Å². The van der Waals surface area contributed by atoms with Gasteiger partial charge in [0.05, 0.1) is 0 Å². The van der Waals surface area contributed by atoms with Crippen molar-refractivity contribution in [2.24, 2.45) is 5.73 Å². The van der Waals surface area contributed by atoms with E-state index < -0.39 is 18.5 Å². The number of alkyl halides is 3. The van der Waals surface area contributed by atoms with Gasteiger partial charge in [0.15, 0.2) is 0 Å². The molecule has 1 rings (SSSR count). The predicted octanol–water partition coefficient (Wildman–Crippen LogP) is 2.62. The molecule has 0 unspecified atom stereocenters. The Morgan fingerprint density at radius 3 is 2.71 bits per heavy atom. The fraction of sp³-hybridized carbons (Fsp3) is 0.385. The molecule has 0 aliphatic heterocycles. The van der Waals surface area contributed by atoms with Crippen molar-refractivity contribution in [3.8, 4) is 0 Å². The summed E-state index contributed by atoms with van der Waals surface area (Å²) in [7, 11) is 0. The number of nitrogens with two attached hydrogens (primary N) is 1. The second-order valence-electron chi connectivity index (χ2n) is 4.26. The van der Waals surface area contributed by atoms with Gasteiger partial charge < -0.3 is 15.8 Å². The Kier molecular flexibility index (Phi) is 6.57. The first-order valence-corrected chi connectivity index (χ1v) is 6.53. The summed E-state index contributed by atoms with van der Waals surface area (Å²) >= 11 is 4.81. The summed E-state index contributed by atoms with van der Waals surface area (Å²) in [6.45, 7) is -0.436. The van der Waals surface area contributed by atoms with E-state index in [0.717, 1.165) is 0 Å². The van der Waals surface area contributed by atoms with Crippen LogP contribution in [0.3, 0.4) is 0 Å². The van der Waals surface area contributed by atoms with Gasteiger partial charge in [0.25, 0.3) is 0 Å². The normalized spacial score (nSPS) is 11.2. The fourth-order valence-corrected chi connectivity index (χ4v) is 1.61. The highest BCUT2D eigenvalue weighted by atomic mass is 32.1. The molecule has 116 valence electrons. The molecule has 1 aromatic rings. The van der Waals surface area contributed by atoms with Crippen molar-refractivity contribution in [2.75, 3.05) is 18.5 Å². The van der Waals surface area contributed by atoms with Gasteiger partial charge in [-0.1, -0.05) is 24.4 Å². The number of nitrogens with one attached hydrogen (secondary N) is 1. The molecule has 0 atom stereocenters. The van der Waals surface area contributed by atoms with Crippen LogP contribution in [-0.4, -0.2) is 30.3 Å². The second kappa shape index (κ2) is 7.94. The summed E-state index contributed by atoms with van der Waals surface area (Å²) in [5, 5.41) is 2.54. The summed E-state index contributed by atoms with van der Waals surface area (Å²) in [5.74, 6) is -0.456. The van der Waals surface area contributed by atoms with Gasteiger partial charge in [-0.25, -0.2) is 0 Å². The van der Waals surface area contributed by atoms with Gasteiger partial charge in [-0.3, -0.25) is 4.79 Å². The van der Waals surface area contributed by atoms with Gasteiger partial charge in [-0.2, -0.15) is 13.2 Å². The molecule has 0 saturated carbocycles. The Morgan fingerprint density at radius 2 is 2.10 bits per heavy atom. The van der Waals surface area contributed by atoms with Crippen molar-refractivity contribution in [3.63, 3.8) is 0 Å². The van der Waals surface area contributed by atoms with Crippen molar-refractivity contribution < 1.29 is 22.7 Å². The highest BCUT2D eigenvalue weighted by Crippen LogP contribution is 2.21. The highest BCUT2D eigenvalue weighted by Gasteiger charge is 2.25. The molecule has 3 N–H and O–H groups in total. The van der Waals surface area contributed by atoms with Gasteiger partial charge in [-0.05, 0) is 18.6 Å². The summed E-state index contributed by atoms with van der Waals surface area (Å²) < 4.78 is 40.5. The predicted molar refractivity (Wildman–Crippen MR) is 77.1 cm³/mol. The summed E-state index contributed by atoms with van der Waals surface area (Å²) in [4.78, 5) is 11.7. The number of halogens is 3. The van der Waals surface area contributed by atoms with Crippen LogP contribution in [0.15, 0.2) is 24.3 Å². The lowest BCUT2D eigenvalue weighted by atomic mass is 10.2. The molecule has 0 aliphatic rings. The maximum atomic E-state index is 11.9. The number of thiocarbonyl (C=S) groups is 1. The lowest BCUT2D eigenvalue weighted by molar-refractivity contribution is -0.138. The molecule has 0 heterocycles. The van der Waals surface area contributed by atoms with E-state index >= 15 is 0 Å². The topological polar surface area (TPSA) is 64.3 Å². The van der Waals surface area contributed by atoms with Gasteiger partial charge in [0.2, 0.25) is 5.91 Å². The molecular formula is C13H15F3N2O2S. The fourth-order valence-electron chi connectivity index (χ4n) is 1.49. The van der Waals surface area contributed by atoms with Crippen LogP contribution in [-0.2, 0) is 9.53 Å². The molecule has 0 aromatic heterocycles. The standard InChI is InChI=1S/C13H15F3N2O2S/c14-13(15,16)5-2-6-20-8-11(19)18-10-4-1-3-9(7-10)12(17)21/h1,3-4,7H,2,5-6,8H2,(H2,17,21)(H,18,19). The first-order chi connectivity index (χ1) is 9.78. The first kappa shape index (κ1) is 17.4. The van der Waals surface area contributed by atoms with E-state index in [2.05, 4.69) is 5.32 Å². The van der Waals surface area contributed by atoms with Crippen molar-refractivity contribution in [3.05, 3.63) is 29.8 Å². The zero-order chi connectivity index (χ0) is 15.9. The van der Waals surface area contributed by atoms with E-state index in [1.54, 1.807) is 24.3 Å². The maximum absolute atomic E-state index is 11.9. The number of amides is 1. The van der Waals surface area contributed by atoms with Crippen LogP contribution in [0.2, 0.25) is 0 Å². The lowest BCUT2D eigenvalue weighted by Crippen LogP contribution is -2.19. The largest absolute Gasteiger partial charge is 0.389 e. The maximum Gasteiger partial charge on any atom is 0.389 e. The third-order valence-corrected chi connectivity index (χ3v) is 2.65. The van der Waals surface area contributed by atoms with Crippen LogP contribution in [0.25, 0.3) is 0 Å². The zero-order valence-corrected chi connectivity index (χ0v) is 11.9. The van der Waals surface area contributed by atoms with E-state index in [4.69, 9.17) is 22.7 Å². The average Bonchev–Trinajstić information content (AvgIpc) is 2.37. The van der Waals surface area contributed by atoms with Gasteiger partial charge >= 0.3 is 6.18 Å². The summed E-state index contributed by atoms with van der Waals surface area (Å²) in [5.41, 5.74) is 6.56. The van der Waals surface area contributed by atoms with Crippen LogP contribution >= 0.6 is 12.2 Å². The molecule has 4 nitrogen and oxygen atoms in total. The minimum atomic E-state index is -4.20. The third kappa shape index (κ3) is 7.62. The van der Waals surface area contributed by atoms with Gasteiger partial charge in [0, 0.05) is 24.3 Å². The monoisotopic (exact) mass is 320 g/mol. The summed E-state index contributed by atoms with van der Waals surface area (Å²) in [6.07, 6.45) is -5.30. The average molecular weight is 320 g/mol. The molecule has 0 spiro atoms.